The Labute approximate surface area is 359 Å². The lowest BCUT2D eigenvalue weighted by Gasteiger charge is -2.71. The third kappa shape index (κ3) is 6.88. The minimum atomic E-state index is -2.20. The second-order valence-corrected chi connectivity index (χ2v) is 17.8. The van der Waals surface area contributed by atoms with E-state index in [0.29, 0.717) is 16.7 Å². The van der Waals surface area contributed by atoms with E-state index in [-0.39, 0.29) is 24.2 Å². The normalized spacial score (nSPS) is 35.2. The fraction of sp³-hybridized carbons (Fsp3) is 0.458. The van der Waals surface area contributed by atoms with Crippen LogP contribution in [0.2, 0.25) is 0 Å². The predicted molar refractivity (Wildman–Crippen MR) is 221 cm³/mol. The van der Waals surface area contributed by atoms with Gasteiger partial charge in [0.2, 0.25) is 0 Å². The Balaban J connectivity index is 1.26. The lowest BCUT2D eigenvalue weighted by atomic mass is 9.44. The van der Waals surface area contributed by atoms with Gasteiger partial charge in [-0.25, -0.2) is 9.59 Å². The van der Waals surface area contributed by atoms with Crippen molar-refractivity contribution in [3.8, 4) is 0 Å². The molecule has 2 heterocycles. The van der Waals surface area contributed by atoms with Crippen LogP contribution in [-0.4, -0.2) is 106 Å². The molecular weight excluding hydrogens is 799 g/mol. The van der Waals surface area contributed by atoms with Crippen molar-refractivity contribution < 1.29 is 62.9 Å². The molecule has 3 unspecified atom stereocenters. The largest absolute Gasteiger partial charge is 0.456 e. The van der Waals surface area contributed by atoms with Crippen LogP contribution in [0.3, 0.4) is 0 Å². The maximum atomic E-state index is 14.4. The van der Waals surface area contributed by atoms with E-state index in [2.05, 4.69) is 11.9 Å². The molecule has 2 saturated carbocycles. The number of carbonyl (C=O) groups is 4. The van der Waals surface area contributed by atoms with E-state index < -0.39 is 113 Å². The molecule has 4 N–H and O–H groups in total. The molecular formula is C48H53NO13. The predicted octanol–water partition coefficient (Wildman–Crippen LogP) is 4.53. The molecule has 328 valence electrons. The van der Waals surface area contributed by atoms with Crippen LogP contribution in [0.15, 0.2) is 115 Å². The first-order valence-electron chi connectivity index (χ1n) is 20.9. The molecule has 0 radical (unpaired) electrons. The van der Waals surface area contributed by atoms with Gasteiger partial charge in [0.15, 0.2) is 18.0 Å². The molecule has 3 aromatic carbocycles. The Morgan fingerprint density at radius 2 is 1.50 bits per heavy atom. The van der Waals surface area contributed by atoms with Crippen molar-refractivity contribution in [2.75, 3.05) is 6.61 Å². The average molecular weight is 852 g/mol. The summed E-state index contributed by atoms with van der Waals surface area (Å²) < 4.78 is 38.2. The zero-order valence-electron chi connectivity index (χ0n) is 35.3. The summed E-state index contributed by atoms with van der Waals surface area (Å²) in [6.45, 7) is 11.9. The van der Waals surface area contributed by atoms with Gasteiger partial charge >= 0.3 is 17.9 Å². The summed E-state index contributed by atoms with van der Waals surface area (Å²) in [5, 5.41) is 41.2. The molecule has 5 aliphatic rings. The van der Waals surface area contributed by atoms with E-state index in [1.165, 1.54) is 13.0 Å². The first-order valence-corrected chi connectivity index (χ1v) is 20.9. The number of benzene rings is 3. The molecule has 4 fully saturated rings. The van der Waals surface area contributed by atoms with Gasteiger partial charge in [0.1, 0.15) is 30.0 Å². The first kappa shape index (κ1) is 43.4. The smallest absolute Gasteiger partial charge is 0.338 e. The molecule has 62 heavy (non-hydrogen) atoms. The Morgan fingerprint density at radius 1 is 0.887 bits per heavy atom. The molecule has 8 rings (SSSR count). The SMILES string of the molecule is C=CC1O[C@H]2CC3OC[C@@]3(OC(C)=O)C3[C@H](OC(=O)c4ccccc4)[C@]4(O)C[C@H](OC(=O)[C@H](O)[C@@H](NC(=O)c5ccccc5)c5ccccc5)C(C)=C([C@H](O)[C@H](O1)[C@@]32C)C4(C)C. The lowest BCUT2D eigenvalue weighted by Crippen LogP contribution is -2.83. The minimum Gasteiger partial charge on any atom is -0.456 e. The van der Waals surface area contributed by atoms with Crippen molar-refractivity contribution in [2.45, 2.75) is 114 Å². The number of amides is 1. The second-order valence-electron chi connectivity index (χ2n) is 17.8. The molecule has 3 aliphatic carbocycles. The van der Waals surface area contributed by atoms with Gasteiger partial charge in [-0.1, -0.05) is 94.1 Å². The van der Waals surface area contributed by atoms with Crippen LogP contribution in [0.25, 0.3) is 0 Å². The maximum absolute atomic E-state index is 14.4. The van der Waals surface area contributed by atoms with Crippen molar-refractivity contribution in [1.82, 2.24) is 5.32 Å². The zero-order chi connectivity index (χ0) is 44.4. The molecule has 13 atom stereocenters. The molecule has 14 heteroatoms. The van der Waals surface area contributed by atoms with E-state index in [1.54, 1.807) is 112 Å². The van der Waals surface area contributed by atoms with Gasteiger partial charge in [0.05, 0.1) is 36.3 Å². The summed E-state index contributed by atoms with van der Waals surface area (Å²) in [7, 11) is 0. The third-order valence-electron chi connectivity index (χ3n) is 14.1. The second kappa shape index (κ2) is 16.2. The summed E-state index contributed by atoms with van der Waals surface area (Å²) in [6, 6.07) is 23.7. The van der Waals surface area contributed by atoms with Crippen LogP contribution in [0.1, 0.15) is 79.8 Å². The average Bonchev–Trinajstić information content (AvgIpc) is 3.25. The fourth-order valence-electron chi connectivity index (χ4n) is 11.0. The van der Waals surface area contributed by atoms with Gasteiger partial charge in [0.25, 0.3) is 5.91 Å². The molecule has 2 saturated heterocycles. The van der Waals surface area contributed by atoms with Crippen LogP contribution >= 0.6 is 0 Å². The number of ether oxygens (including phenoxy) is 6. The number of aliphatic hydroxyl groups excluding tert-OH is 2. The Kier molecular flexibility index (Phi) is 11.3. The van der Waals surface area contributed by atoms with Crippen LogP contribution in [0.4, 0.5) is 0 Å². The summed E-state index contributed by atoms with van der Waals surface area (Å²) in [4.78, 5) is 55.3. The molecule has 2 bridgehead atoms. The van der Waals surface area contributed by atoms with Crippen LogP contribution in [-0.2, 0) is 38.0 Å². The molecule has 0 spiro atoms. The van der Waals surface area contributed by atoms with Gasteiger partial charge < -0.3 is 49.1 Å². The van der Waals surface area contributed by atoms with Crippen molar-refractivity contribution in [2.24, 2.45) is 16.7 Å². The van der Waals surface area contributed by atoms with E-state index in [4.69, 9.17) is 28.4 Å². The van der Waals surface area contributed by atoms with Gasteiger partial charge in [-0.05, 0) is 54.0 Å². The number of aliphatic hydroxyl groups is 3. The number of rotatable bonds is 10. The number of carbonyl (C=O) groups excluding carboxylic acids is 4. The summed E-state index contributed by atoms with van der Waals surface area (Å²) in [5.41, 5.74) is -5.01. The Bertz CT molecular complexity index is 2250. The standard InChI is InChI=1S/C48H53NO13/c1-7-34-59-32-23-33-47(25-57-33,62-27(3)50)39-41(61-43(54)30-21-15-10-16-22-30)48(56)24-31(26(2)35(45(48,4)5)37(51)40(60-34)46(32,39)6)58-44(55)38(52)36(28-17-11-8-12-18-28)49-42(53)29-19-13-9-14-20-29/h7-22,31-34,36-41,51-52,56H,1,23-25H2,2-6H3,(H,49,53)/t31-,32-,33?,34?,36-,37-,38+,39?,40-,41-,46+,47-,48+/m0/s1. The third-order valence-corrected chi connectivity index (χ3v) is 14.1. The molecule has 14 nitrogen and oxygen atoms in total. The number of esters is 3. The highest BCUT2D eigenvalue weighted by Gasteiger charge is 2.79. The Morgan fingerprint density at radius 3 is 2.08 bits per heavy atom. The van der Waals surface area contributed by atoms with Gasteiger partial charge in [0, 0.05) is 36.2 Å². The summed E-state index contributed by atoms with van der Waals surface area (Å²) in [6.07, 6.45) is -8.81. The number of hydrogen-bond acceptors (Lipinski definition) is 13. The first-order chi connectivity index (χ1) is 29.5. The van der Waals surface area contributed by atoms with Crippen molar-refractivity contribution >= 4 is 23.8 Å². The number of nitrogens with one attached hydrogen (secondary N) is 1. The van der Waals surface area contributed by atoms with Gasteiger partial charge in [-0.15, -0.1) is 0 Å². The lowest BCUT2D eigenvalue weighted by molar-refractivity contribution is -0.405. The van der Waals surface area contributed by atoms with Crippen molar-refractivity contribution in [3.63, 3.8) is 0 Å². The van der Waals surface area contributed by atoms with Gasteiger partial charge in [-0.3, -0.25) is 9.59 Å². The molecule has 2 aliphatic heterocycles. The topological polar surface area (TPSA) is 196 Å². The van der Waals surface area contributed by atoms with E-state index in [1.807, 2.05) is 6.92 Å². The van der Waals surface area contributed by atoms with Crippen molar-refractivity contribution in [1.29, 1.82) is 0 Å². The summed E-state index contributed by atoms with van der Waals surface area (Å²) >= 11 is 0. The quantitative estimate of drug-likeness (QED) is 0.126. The fourth-order valence-corrected chi connectivity index (χ4v) is 11.0. The highest BCUT2D eigenvalue weighted by atomic mass is 16.7. The number of fused-ring (bicyclic) bond motifs is 4. The monoisotopic (exact) mass is 851 g/mol. The van der Waals surface area contributed by atoms with E-state index in [0.717, 1.165) is 0 Å². The number of hydrogen-bond donors (Lipinski definition) is 4. The maximum Gasteiger partial charge on any atom is 0.338 e. The van der Waals surface area contributed by atoms with Crippen molar-refractivity contribution in [3.05, 3.63) is 131 Å². The zero-order valence-corrected chi connectivity index (χ0v) is 35.3. The van der Waals surface area contributed by atoms with Crippen LogP contribution in [0, 0.1) is 16.7 Å². The Hall–Kier alpha value is -5.22. The molecule has 1 amide bonds. The summed E-state index contributed by atoms with van der Waals surface area (Å²) in [5.74, 6) is -4.28. The van der Waals surface area contributed by atoms with E-state index in [9.17, 15) is 34.5 Å². The highest BCUT2D eigenvalue weighted by molar-refractivity contribution is 5.95. The van der Waals surface area contributed by atoms with Gasteiger partial charge in [-0.2, -0.15) is 0 Å². The minimum absolute atomic E-state index is 0.129. The molecule has 3 aromatic rings. The molecule has 0 aromatic heterocycles. The van der Waals surface area contributed by atoms with Crippen LogP contribution in [0.5, 0.6) is 0 Å². The van der Waals surface area contributed by atoms with E-state index >= 15 is 0 Å². The van der Waals surface area contributed by atoms with Crippen LogP contribution < -0.4 is 5.32 Å². The highest BCUT2D eigenvalue weighted by Crippen LogP contribution is 2.67.